The van der Waals surface area contributed by atoms with E-state index in [0.29, 0.717) is 34.7 Å². The smallest absolute Gasteiger partial charge is 0.269 e. The summed E-state index contributed by atoms with van der Waals surface area (Å²) in [6.07, 6.45) is 5.26. The second kappa shape index (κ2) is 11.3. The van der Waals surface area contributed by atoms with Crippen molar-refractivity contribution in [2.24, 2.45) is 16.7 Å². The highest BCUT2D eigenvalue weighted by molar-refractivity contribution is 5.92. The van der Waals surface area contributed by atoms with Gasteiger partial charge in [-0.25, -0.2) is 4.98 Å². The molecule has 0 radical (unpaired) electrons. The lowest BCUT2D eigenvalue weighted by atomic mass is 9.78. The first-order valence-electron chi connectivity index (χ1n) is 14.2. The van der Waals surface area contributed by atoms with E-state index in [1.54, 1.807) is 26.3 Å². The Morgan fingerprint density at radius 1 is 1.13 bits per heavy atom. The van der Waals surface area contributed by atoms with Gasteiger partial charge in [-0.3, -0.25) is 9.59 Å². The topological polar surface area (TPSA) is 84.0 Å². The Hall–Kier alpha value is -2.97. The number of para-hydroxylation sites is 1. The second-order valence-corrected chi connectivity index (χ2v) is 12.2. The summed E-state index contributed by atoms with van der Waals surface area (Å²) in [5, 5.41) is 2.56. The summed E-state index contributed by atoms with van der Waals surface area (Å²) in [4.78, 5) is 33.0. The molecule has 1 aromatic carbocycles. The van der Waals surface area contributed by atoms with E-state index in [1.165, 1.54) is 32.4 Å². The normalized spacial score (nSPS) is 24.5. The SMILES string of the molecule is CC1(C)CC1C(=O)N1CC2(CCN(CC3CCCO3)C2)C1.CNC(=O)c1cccc(-c2ccccc2OC)n1. The van der Waals surface area contributed by atoms with Gasteiger partial charge in [0.1, 0.15) is 11.4 Å². The van der Waals surface area contributed by atoms with Gasteiger partial charge in [0.2, 0.25) is 5.91 Å². The highest BCUT2D eigenvalue weighted by Crippen LogP contribution is 2.54. The lowest BCUT2D eigenvalue weighted by molar-refractivity contribution is -0.145. The maximum absolute atomic E-state index is 12.4. The van der Waals surface area contributed by atoms with Crippen molar-refractivity contribution in [3.63, 3.8) is 0 Å². The average Bonchev–Trinajstić information content (AvgIpc) is 3.28. The predicted octanol–water partition coefficient (Wildman–Crippen LogP) is 3.86. The van der Waals surface area contributed by atoms with Crippen LogP contribution in [0.25, 0.3) is 11.3 Å². The Kier molecular flexibility index (Phi) is 7.96. The number of carbonyl (C=O) groups is 2. The zero-order chi connectivity index (χ0) is 27.6. The summed E-state index contributed by atoms with van der Waals surface area (Å²) in [7, 11) is 3.20. The Morgan fingerprint density at radius 2 is 1.90 bits per heavy atom. The molecule has 1 saturated carbocycles. The number of nitrogens with one attached hydrogen (secondary N) is 1. The molecule has 2 amide bonds. The van der Waals surface area contributed by atoms with Crippen LogP contribution in [0.15, 0.2) is 42.5 Å². The summed E-state index contributed by atoms with van der Waals surface area (Å²) >= 11 is 0. The van der Waals surface area contributed by atoms with E-state index in [9.17, 15) is 9.59 Å². The third-order valence-corrected chi connectivity index (χ3v) is 8.77. The van der Waals surface area contributed by atoms with Crippen molar-refractivity contribution in [1.29, 1.82) is 0 Å². The minimum atomic E-state index is -0.202. The van der Waals surface area contributed by atoms with Crippen LogP contribution in [0, 0.1) is 16.7 Å². The number of hydrogen-bond acceptors (Lipinski definition) is 6. The standard InChI is InChI=1S/C17H28N2O2.C14H14N2O2/c1-16(2)8-14(16)15(20)19-11-17(12-19)5-6-18(10-17)9-13-4-3-7-21-13;1-15-14(17)12-8-5-7-11(16-12)10-6-3-4-9-13(10)18-2/h13-14H,3-12H2,1-2H3;3-9H,1-2H3,(H,15,17). The van der Waals surface area contributed by atoms with E-state index in [0.717, 1.165) is 44.0 Å². The highest BCUT2D eigenvalue weighted by atomic mass is 16.5. The quantitative estimate of drug-likeness (QED) is 0.606. The zero-order valence-corrected chi connectivity index (χ0v) is 23.7. The van der Waals surface area contributed by atoms with Crippen LogP contribution in [0.1, 0.15) is 50.0 Å². The van der Waals surface area contributed by atoms with Crippen LogP contribution < -0.4 is 10.1 Å². The van der Waals surface area contributed by atoms with Gasteiger partial charge in [0, 0.05) is 56.7 Å². The number of hydrogen-bond donors (Lipinski definition) is 1. The van der Waals surface area contributed by atoms with Gasteiger partial charge in [0.25, 0.3) is 5.91 Å². The van der Waals surface area contributed by atoms with E-state index >= 15 is 0 Å². The number of carbonyl (C=O) groups excluding carboxylic acids is 2. The number of likely N-dealkylation sites (tertiary alicyclic amines) is 2. The van der Waals surface area contributed by atoms with Gasteiger partial charge in [-0.1, -0.05) is 32.0 Å². The Morgan fingerprint density at radius 3 is 2.56 bits per heavy atom. The third kappa shape index (κ3) is 6.12. The average molecular weight is 535 g/mol. The fraction of sp³-hybridized carbons (Fsp3) is 0.581. The number of ether oxygens (including phenoxy) is 2. The molecule has 6 rings (SSSR count). The molecule has 0 bridgehead atoms. The van der Waals surface area contributed by atoms with Gasteiger partial charge in [-0.05, 0) is 61.9 Å². The molecule has 1 aromatic heterocycles. The molecular formula is C31H42N4O4. The van der Waals surface area contributed by atoms with Crippen LogP contribution in [-0.4, -0.2) is 86.2 Å². The van der Waals surface area contributed by atoms with Gasteiger partial charge in [-0.2, -0.15) is 0 Å². The van der Waals surface area contributed by atoms with Crippen molar-refractivity contribution in [3.05, 3.63) is 48.2 Å². The summed E-state index contributed by atoms with van der Waals surface area (Å²) in [5.41, 5.74) is 2.65. The molecular weight excluding hydrogens is 492 g/mol. The summed E-state index contributed by atoms with van der Waals surface area (Å²) in [6.45, 7) is 10.8. The highest BCUT2D eigenvalue weighted by Gasteiger charge is 2.56. The number of methoxy groups -OCH3 is 1. The fourth-order valence-corrected chi connectivity index (χ4v) is 6.24. The van der Waals surface area contributed by atoms with E-state index in [4.69, 9.17) is 9.47 Å². The van der Waals surface area contributed by atoms with E-state index in [1.807, 2.05) is 30.3 Å². The first-order chi connectivity index (χ1) is 18.7. The van der Waals surface area contributed by atoms with Crippen molar-refractivity contribution < 1.29 is 19.1 Å². The molecule has 210 valence electrons. The lowest BCUT2D eigenvalue weighted by Gasteiger charge is -2.48. The molecule has 1 aliphatic carbocycles. The van der Waals surface area contributed by atoms with E-state index in [2.05, 4.69) is 33.9 Å². The van der Waals surface area contributed by atoms with Crippen molar-refractivity contribution in [2.75, 3.05) is 53.5 Å². The summed E-state index contributed by atoms with van der Waals surface area (Å²) in [5.74, 6) is 1.26. The van der Waals surface area contributed by atoms with Crippen LogP contribution >= 0.6 is 0 Å². The van der Waals surface area contributed by atoms with Crippen LogP contribution in [0.3, 0.4) is 0 Å². The van der Waals surface area contributed by atoms with Gasteiger partial charge in [0.15, 0.2) is 0 Å². The fourth-order valence-electron chi connectivity index (χ4n) is 6.24. The van der Waals surface area contributed by atoms with Gasteiger partial charge in [0.05, 0.1) is 18.9 Å². The van der Waals surface area contributed by atoms with Gasteiger partial charge in [-0.15, -0.1) is 0 Å². The Labute approximate surface area is 232 Å². The Bertz CT molecular complexity index is 1190. The van der Waals surface area contributed by atoms with E-state index in [-0.39, 0.29) is 11.3 Å². The molecule has 2 unspecified atom stereocenters. The number of rotatable bonds is 6. The molecule has 4 aliphatic rings. The first-order valence-corrected chi connectivity index (χ1v) is 14.2. The summed E-state index contributed by atoms with van der Waals surface area (Å²) < 4.78 is 11.0. The molecule has 2 atom stereocenters. The van der Waals surface area contributed by atoms with Gasteiger partial charge < -0.3 is 24.6 Å². The molecule has 3 aliphatic heterocycles. The minimum absolute atomic E-state index is 0.202. The molecule has 8 heteroatoms. The monoisotopic (exact) mass is 534 g/mol. The molecule has 2 aromatic rings. The molecule has 1 spiro atoms. The maximum Gasteiger partial charge on any atom is 0.269 e. The van der Waals surface area contributed by atoms with E-state index < -0.39 is 0 Å². The molecule has 4 fully saturated rings. The van der Waals surface area contributed by atoms with Crippen molar-refractivity contribution in [3.8, 4) is 17.0 Å². The first kappa shape index (κ1) is 27.6. The Balaban J connectivity index is 0.000000160. The number of pyridine rings is 1. The van der Waals surface area contributed by atoms with Gasteiger partial charge >= 0.3 is 0 Å². The van der Waals surface area contributed by atoms with Crippen LogP contribution in [-0.2, 0) is 9.53 Å². The predicted molar refractivity (Wildman–Crippen MR) is 151 cm³/mol. The lowest BCUT2D eigenvalue weighted by Crippen LogP contribution is -2.60. The molecule has 8 nitrogen and oxygen atoms in total. The zero-order valence-electron chi connectivity index (χ0n) is 23.7. The molecule has 3 saturated heterocycles. The number of aromatic nitrogens is 1. The maximum atomic E-state index is 12.4. The number of amides is 2. The molecule has 4 heterocycles. The van der Waals surface area contributed by atoms with Crippen LogP contribution in [0.4, 0.5) is 0 Å². The van der Waals surface area contributed by atoms with Crippen molar-refractivity contribution in [2.45, 2.75) is 45.6 Å². The molecule has 1 N–H and O–H groups in total. The van der Waals surface area contributed by atoms with Crippen LogP contribution in [0.5, 0.6) is 5.75 Å². The second-order valence-electron chi connectivity index (χ2n) is 12.2. The van der Waals surface area contributed by atoms with Crippen molar-refractivity contribution in [1.82, 2.24) is 20.1 Å². The third-order valence-electron chi connectivity index (χ3n) is 8.77. The number of benzene rings is 1. The largest absolute Gasteiger partial charge is 0.496 e. The van der Waals surface area contributed by atoms with Crippen molar-refractivity contribution >= 4 is 11.8 Å². The summed E-state index contributed by atoms with van der Waals surface area (Å²) in [6, 6.07) is 12.9. The van der Waals surface area contributed by atoms with Crippen LogP contribution in [0.2, 0.25) is 0 Å². The minimum Gasteiger partial charge on any atom is -0.496 e. The number of nitrogens with zero attached hydrogens (tertiary/aromatic N) is 3. The molecule has 39 heavy (non-hydrogen) atoms.